The standard InChI is InChI=1S/C19H18F3N3O2S/c1-27-14-6-3-7-24(9-14)17(26)16-11-28-18-23-15(10-25(16)18)12-4-2-5-13(8-12)19(20,21)22/h2,4-5,8,10-11,14H,3,6-7,9H2,1H3/t14-/m0/s1. The first-order valence-corrected chi connectivity index (χ1v) is 9.71. The van der Waals surface area contributed by atoms with Gasteiger partial charge in [0, 0.05) is 37.3 Å². The Morgan fingerprint density at radius 2 is 2.18 bits per heavy atom. The summed E-state index contributed by atoms with van der Waals surface area (Å²) in [6.45, 7) is 1.19. The number of nitrogens with zero attached hydrogens (tertiary/aromatic N) is 3. The molecule has 0 saturated carbocycles. The summed E-state index contributed by atoms with van der Waals surface area (Å²) in [5.74, 6) is -0.124. The van der Waals surface area contributed by atoms with Crippen LogP contribution in [0.4, 0.5) is 13.2 Å². The van der Waals surface area contributed by atoms with E-state index in [4.69, 9.17) is 4.74 Å². The second kappa shape index (κ2) is 7.21. The molecule has 0 aliphatic carbocycles. The molecule has 5 nitrogen and oxygen atoms in total. The van der Waals surface area contributed by atoms with Gasteiger partial charge in [0.15, 0.2) is 4.96 Å². The van der Waals surface area contributed by atoms with Gasteiger partial charge in [0.05, 0.1) is 17.4 Å². The quantitative estimate of drug-likeness (QED) is 0.647. The Hall–Kier alpha value is -2.39. The fourth-order valence-corrected chi connectivity index (χ4v) is 4.26. The molecule has 1 aliphatic rings. The summed E-state index contributed by atoms with van der Waals surface area (Å²) in [6, 6.07) is 5.04. The molecule has 1 aromatic carbocycles. The molecular weight excluding hydrogens is 391 g/mol. The van der Waals surface area contributed by atoms with Crippen molar-refractivity contribution < 1.29 is 22.7 Å². The lowest BCUT2D eigenvalue weighted by atomic mass is 10.1. The van der Waals surface area contributed by atoms with E-state index in [1.54, 1.807) is 34.1 Å². The number of likely N-dealkylation sites (tertiary alicyclic amines) is 1. The highest BCUT2D eigenvalue weighted by Crippen LogP contribution is 2.32. The summed E-state index contributed by atoms with van der Waals surface area (Å²) >= 11 is 1.29. The van der Waals surface area contributed by atoms with E-state index in [2.05, 4.69) is 4.98 Å². The van der Waals surface area contributed by atoms with Crippen LogP contribution in [-0.4, -0.2) is 46.5 Å². The van der Waals surface area contributed by atoms with Crippen molar-refractivity contribution in [1.29, 1.82) is 0 Å². The normalized spacial score (nSPS) is 18.0. The summed E-state index contributed by atoms with van der Waals surface area (Å²) in [5, 5.41) is 1.73. The monoisotopic (exact) mass is 409 g/mol. The predicted molar refractivity (Wildman–Crippen MR) is 99.4 cm³/mol. The lowest BCUT2D eigenvalue weighted by molar-refractivity contribution is -0.137. The number of methoxy groups -OCH3 is 1. The molecule has 0 radical (unpaired) electrons. The maximum atomic E-state index is 13.0. The largest absolute Gasteiger partial charge is 0.416 e. The Kier molecular flexibility index (Phi) is 4.88. The van der Waals surface area contributed by atoms with Gasteiger partial charge in [-0.3, -0.25) is 9.20 Å². The molecule has 3 aromatic rings. The van der Waals surface area contributed by atoms with Crippen LogP contribution in [0, 0.1) is 0 Å². The number of ether oxygens (including phenoxy) is 1. The second-order valence-electron chi connectivity index (χ2n) is 6.73. The number of alkyl halides is 3. The third-order valence-corrected chi connectivity index (χ3v) is 5.75. The number of thiazole rings is 1. The molecule has 1 saturated heterocycles. The number of carbonyl (C=O) groups is 1. The van der Waals surface area contributed by atoms with E-state index in [9.17, 15) is 18.0 Å². The maximum Gasteiger partial charge on any atom is 0.416 e. The molecule has 1 atom stereocenters. The first-order chi connectivity index (χ1) is 13.4. The number of carbonyl (C=O) groups excluding carboxylic acids is 1. The fraction of sp³-hybridized carbons (Fsp3) is 0.368. The topological polar surface area (TPSA) is 46.8 Å². The zero-order valence-electron chi connectivity index (χ0n) is 15.1. The number of aromatic nitrogens is 2. The number of imidazole rings is 1. The van der Waals surface area contributed by atoms with Gasteiger partial charge in [-0.25, -0.2) is 4.98 Å². The van der Waals surface area contributed by atoms with Crippen molar-refractivity contribution >= 4 is 22.2 Å². The van der Waals surface area contributed by atoms with Gasteiger partial charge in [-0.15, -0.1) is 11.3 Å². The molecule has 0 N–H and O–H groups in total. The van der Waals surface area contributed by atoms with Gasteiger partial charge in [-0.2, -0.15) is 13.2 Å². The predicted octanol–water partition coefficient (Wildman–Crippen LogP) is 4.33. The number of piperidine rings is 1. The second-order valence-corrected chi connectivity index (χ2v) is 7.57. The van der Waals surface area contributed by atoms with Crippen LogP contribution < -0.4 is 0 Å². The number of rotatable bonds is 3. The SMILES string of the molecule is CO[C@H]1CCCN(C(=O)c2csc3nc(-c4cccc(C(F)(F)F)c4)cn23)C1. The van der Waals surface area contributed by atoms with Crippen LogP contribution in [0.25, 0.3) is 16.2 Å². The van der Waals surface area contributed by atoms with Crippen LogP contribution in [0.1, 0.15) is 28.9 Å². The van der Waals surface area contributed by atoms with Gasteiger partial charge in [0.25, 0.3) is 5.91 Å². The zero-order valence-corrected chi connectivity index (χ0v) is 15.9. The lowest BCUT2D eigenvalue weighted by Gasteiger charge is -2.31. The number of benzene rings is 1. The minimum Gasteiger partial charge on any atom is -0.380 e. The smallest absolute Gasteiger partial charge is 0.380 e. The van der Waals surface area contributed by atoms with E-state index in [0.717, 1.165) is 25.0 Å². The lowest BCUT2D eigenvalue weighted by Crippen LogP contribution is -2.43. The number of amides is 1. The molecule has 1 amide bonds. The van der Waals surface area contributed by atoms with Crippen molar-refractivity contribution in [2.24, 2.45) is 0 Å². The average Bonchev–Trinajstić information content (AvgIpc) is 3.28. The highest BCUT2D eigenvalue weighted by atomic mass is 32.1. The van der Waals surface area contributed by atoms with Crippen molar-refractivity contribution in [1.82, 2.24) is 14.3 Å². The molecule has 148 valence electrons. The number of hydrogen-bond acceptors (Lipinski definition) is 4. The zero-order chi connectivity index (χ0) is 19.9. The highest BCUT2D eigenvalue weighted by Gasteiger charge is 2.31. The molecule has 3 heterocycles. The van der Waals surface area contributed by atoms with Crippen molar-refractivity contribution in [2.75, 3.05) is 20.2 Å². The summed E-state index contributed by atoms with van der Waals surface area (Å²) in [7, 11) is 1.64. The van der Waals surface area contributed by atoms with Gasteiger partial charge in [-0.05, 0) is 25.0 Å². The van der Waals surface area contributed by atoms with Gasteiger partial charge in [-0.1, -0.05) is 12.1 Å². The molecule has 4 rings (SSSR count). The Bertz CT molecular complexity index is 1010. The third kappa shape index (κ3) is 3.51. The third-order valence-electron chi connectivity index (χ3n) is 4.91. The van der Waals surface area contributed by atoms with E-state index in [-0.39, 0.29) is 12.0 Å². The van der Waals surface area contributed by atoms with Crippen LogP contribution in [0.5, 0.6) is 0 Å². The van der Waals surface area contributed by atoms with Crippen molar-refractivity contribution in [2.45, 2.75) is 25.1 Å². The Morgan fingerprint density at radius 1 is 1.36 bits per heavy atom. The molecule has 0 spiro atoms. The van der Waals surface area contributed by atoms with Crippen molar-refractivity contribution in [3.63, 3.8) is 0 Å². The first-order valence-electron chi connectivity index (χ1n) is 8.83. The summed E-state index contributed by atoms with van der Waals surface area (Å²) in [6.07, 6.45) is -0.983. The van der Waals surface area contributed by atoms with Crippen LogP contribution in [0.15, 0.2) is 35.8 Å². The summed E-state index contributed by atoms with van der Waals surface area (Å²) in [4.78, 5) is 19.7. The van der Waals surface area contributed by atoms with Crippen molar-refractivity contribution in [3.05, 3.63) is 47.1 Å². The van der Waals surface area contributed by atoms with E-state index in [1.807, 2.05) is 0 Å². The van der Waals surface area contributed by atoms with Gasteiger partial charge < -0.3 is 9.64 Å². The van der Waals surface area contributed by atoms with E-state index >= 15 is 0 Å². The van der Waals surface area contributed by atoms with Crippen LogP contribution >= 0.6 is 11.3 Å². The molecular formula is C19H18F3N3O2S. The molecule has 0 bridgehead atoms. The number of halogens is 3. The number of fused-ring (bicyclic) bond motifs is 1. The first kappa shape index (κ1) is 18.9. The Labute approximate surface area is 163 Å². The highest BCUT2D eigenvalue weighted by molar-refractivity contribution is 7.15. The van der Waals surface area contributed by atoms with Gasteiger partial charge in [0.1, 0.15) is 5.69 Å². The molecule has 0 unspecified atom stereocenters. The number of hydrogen-bond donors (Lipinski definition) is 0. The minimum absolute atomic E-state index is 0.0234. The average molecular weight is 409 g/mol. The van der Waals surface area contributed by atoms with E-state index in [1.165, 1.54) is 17.4 Å². The summed E-state index contributed by atoms with van der Waals surface area (Å²) in [5.41, 5.74) is 0.501. The Balaban J connectivity index is 1.65. The molecule has 1 fully saturated rings. The van der Waals surface area contributed by atoms with Crippen LogP contribution in [0.2, 0.25) is 0 Å². The van der Waals surface area contributed by atoms with E-state index < -0.39 is 11.7 Å². The summed E-state index contributed by atoms with van der Waals surface area (Å²) < 4.78 is 46.0. The Morgan fingerprint density at radius 3 is 2.93 bits per heavy atom. The van der Waals surface area contributed by atoms with Gasteiger partial charge >= 0.3 is 6.18 Å². The molecule has 28 heavy (non-hydrogen) atoms. The minimum atomic E-state index is -4.42. The van der Waals surface area contributed by atoms with Crippen LogP contribution in [0.3, 0.4) is 0 Å². The molecule has 9 heteroatoms. The van der Waals surface area contributed by atoms with Gasteiger partial charge in [0.2, 0.25) is 0 Å². The van der Waals surface area contributed by atoms with E-state index in [0.29, 0.717) is 35.0 Å². The fourth-order valence-electron chi connectivity index (χ4n) is 3.41. The molecule has 2 aromatic heterocycles. The molecule has 1 aliphatic heterocycles. The maximum absolute atomic E-state index is 13.0. The van der Waals surface area contributed by atoms with Crippen LogP contribution in [-0.2, 0) is 10.9 Å². The van der Waals surface area contributed by atoms with Crippen molar-refractivity contribution in [3.8, 4) is 11.3 Å².